The topological polar surface area (TPSA) is 25.8 Å². The van der Waals surface area contributed by atoms with Crippen molar-refractivity contribution in [3.05, 3.63) is 204 Å². The van der Waals surface area contributed by atoms with Gasteiger partial charge in [0.25, 0.3) is 0 Å². The molecule has 0 fully saturated rings. The molecule has 1 atom stereocenters. The van der Waals surface area contributed by atoms with Crippen LogP contribution in [0.2, 0.25) is 0 Å². The Morgan fingerprint density at radius 3 is 2.09 bits per heavy atom. The number of fused-ring (bicyclic) bond motifs is 1. The maximum Gasteiger partial charge on any atom is 0.113 e. The van der Waals surface area contributed by atoms with Gasteiger partial charge >= 0.3 is 0 Å². The van der Waals surface area contributed by atoms with Crippen molar-refractivity contribution in [1.82, 2.24) is 9.97 Å². The summed E-state index contributed by atoms with van der Waals surface area (Å²) in [7, 11) is 0. The molecule has 0 radical (unpaired) electrons. The quantitative estimate of drug-likeness (QED) is 0.0900. The number of nitrogens with zero attached hydrogens (tertiary/aromatic N) is 2. The Morgan fingerprint density at radius 2 is 1.38 bits per heavy atom. The lowest BCUT2D eigenvalue weighted by Crippen LogP contribution is -1.96. The molecule has 1 aliphatic carbocycles. The van der Waals surface area contributed by atoms with E-state index < -0.39 is 0 Å². The second-order valence-electron chi connectivity index (χ2n) is 12.6. The third kappa shape index (κ3) is 7.00. The van der Waals surface area contributed by atoms with E-state index in [-0.39, 0.29) is 5.92 Å². The predicted octanol–water partition coefficient (Wildman–Crippen LogP) is 12.4. The number of thiazole rings is 1. The van der Waals surface area contributed by atoms with Crippen molar-refractivity contribution >= 4 is 27.1 Å². The van der Waals surface area contributed by atoms with Crippen molar-refractivity contribution in [2.75, 3.05) is 0 Å². The molecule has 2 nitrogen and oxygen atoms in total. The monoisotopic (exact) mass is 692 g/mol. The minimum Gasteiger partial charge on any atom is -0.264 e. The molecule has 0 saturated carbocycles. The first-order valence-electron chi connectivity index (χ1n) is 17.3. The average molecular weight is 693 g/mol. The van der Waals surface area contributed by atoms with E-state index in [1.807, 2.05) is 48.7 Å². The molecule has 7 aromatic rings. The van der Waals surface area contributed by atoms with Crippen LogP contribution in [0.1, 0.15) is 16.5 Å². The van der Waals surface area contributed by atoms with Crippen LogP contribution < -0.4 is 0 Å². The average Bonchev–Trinajstić information content (AvgIpc) is 3.54. The van der Waals surface area contributed by atoms with Crippen molar-refractivity contribution in [2.24, 2.45) is 0 Å². The summed E-state index contributed by atoms with van der Waals surface area (Å²) >= 11 is 1.69. The molecule has 2 heterocycles. The van der Waals surface area contributed by atoms with Gasteiger partial charge in [0.2, 0.25) is 0 Å². The molecule has 3 heteroatoms. The van der Waals surface area contributed by atoms with E-state index in [1.165, 1.54) is 11.1 Å². The number of hydrogen-bond acceptors (Lipinski definition) is 3. The van der Waals surface area contributed by atoms with Gasteiger partial charge in [0, 0.05) is 34.7 Å². The van der Waals surface area contributed by atoms with Crippen molar-refractivity contribution < 1.29 is 0 Å². The number of pyridine rings is 1. The molecule has 0 amide bonds. The highest BCUT2D eigenvalue weighted by Gasteiger charge is 2.21. The maximum absolute atomic E-state index is 5.58. The fourth-order valence-electron chi connectivity index (χ4n) is 6.66. The summed E-state index contributed by atoms with van der Waals surface area (Å²) in [6, 6.07) is 46.8. The van der Waals surface area contributed by atoms with E-state index in [0.29, 0.717) is 0 Å². The Morgan fingerprint density at radius 1 is 0.717 bits per heavy atom. The summed E-state index contributed by atoms with van der Waals surface area (Å²) in [5, 5.41) is 0.929. The Kier molecular flexibility index (Phi) is 9.44. The fourth-order valence-corrected chi connectivity index (χ4v) is 7.71. The Balaban J connectivity index is 1.30. The summed E-state index contributed by atoms with van der Waals surface area (Å²) in [4.78, 5) is 9.76. The third-order valence-electron chi connectivity index (χ3n) is 9.24. The molecule has 8 rings (SSSR count). The number of aromatic nitrogens is 2. The molecule has 0 N–H and O–H groups in total. The highest BCUT2D eigenvalue weighted by atomic mass is 32.1. The summed E-state index contributed by atoms with van der Waals surface area (Å²) in [5.41, 5.74) is 16.8. The van der Waals surface area contributed by atoms with Crippen molar-refractivity contribution in [1.29, 1.82) is 0 Å². The molecular formula is C50H32N2S. The molecule has 0 bridgehead atoms. The maximum atomic E-state index is 5.58. The van der Waals surface area contributed by atoms with Gasteiger partial charge in [-0.3, -0.25) is 4.98 Å². The number of rotatable bonds is 8. The summed E-state index contributed by atoms with van der Waals surface area (Å²) in [5.74, 6) is 9.17. The smallest absolute Gasteiger partial charge is 0.113 e. The predicted molar refractivity (Wildman–Crippen MR) is 223 cm³/mol. The minimum absolute atomic E-state index is 0.251. The first-order chi connectivity index (χ1) is 26.2. The third-order valence-corrected chi connectivity index (χ3v) is 10.3. The Labute approximate surface area is 314 Å². The first-order valence-corrected chi connectivity index (χ1v) is 18.1. The Hall–Kier alpha value is -7.00. The molecule has 0 spiro atoms. The van der Waals surface area contributed by atoms with Crippen LogP contribution in [-0.4, -0.2) is 9.97 Å². The highest BCUT2D eigenvalue weighted by molar-refractivity contribution is 7.18. The van der Waals surface area contributed by atoms with E-state index in [0.717, 1.165) is 70.9 Å². The summed E-state index contributed by atoms with van der Waals surface area (Å²) in [6.07, 6.45) is 17.0. The van der Waals surface area contributed by atoms with Gasteiger partial charge in [-0.1, -0.05) is 134 Å². The molecule has 2 aromatic heterocycles. The van der Waals surface area contributed by atoms with Gasteiger partial charge in [0.1, 0.15) is 5.01 Å². The van der Waals surface area contributed by atoms with E-state index in [9.17, 15) is 0 Å². The number of allylic oxidation sites excluding steroid dienone is 7. The standard InChI is InChI=1S/C50H32N2S/c1-3-5-16-35(4-2)45-27-14-25-42(31-46(45)37-19-10-7-11-20-37)50-52-49-47(41-24-13-22-39(30-41)43-26-15-28-51-34-43)32-44(33-48(49)53-50)40-23-12-21-38(29-40)36-17-8-6-9-18-36/h1,5-13,15-24,26-34,42H,2H2/b16-5-. The van der Waals surface area contributed by atoms with E-state index >= 15 is 0 Å². The van der Waals surface area contributed by atoms with Crippen LogP contribution in [0.25, 0.3) is 60.3 Å². The fraction of sp³-hybridized carbons (Fsp3) is 0.0200. The van der Waals surface area contributed by atoms with Crippen LogP contribution in [0.5, 0.6) is 0 Å². The van der Waals surface area contributed by atoms with Crippen molar-refractivity contribution in [3.63, 3.8) is 0 Å². The minimum atomic E-state index is -0.251. The van der Waals surface area contributed by atoms with E-state index in [2.05, 4.69) is 144 Å². The molecular weight excluding hydrogens is 661 g/mol. The van der Waals surface area contributed by atoms with Gasteiger partial charge in [-0.15, -0.1) is 23.5 Å². The zero-order valence-electron chi connectivity index (χ0n) is 28.8. The van der Waals surface area contributed by atoms with E-state index in [4.69, 9.17) is 11.4 Å². The second kappa shape index (κ2) is 15.1. The number of benzene rings is 5. The van der Waals surface area contributed by atoms with Crippen LogP contribution >= 0.6 is 11.3 Å². The lowest BCUT2D eigenvalue weighted by molar-refractivity contribution is 1.10. The van der Waals surface area contributed by atoms with Gasteiger partial charge in [-0.25, -0.2) is 4.98 Å². The van der Waals surface area contributed by atoms with Gasteiger partial charge in [-0.05, 0) is 93.1 Å². The Bertz CT molecular complexity index is 2720. The lowest BCUT2D eigenvalue weighted by atomic mass is 9.90. The summed E-state index contributed by atoms with van der Waals surface area (Å²) < 4.78 is 1.10. The van der Waals surface area contributed by atoms with Gasteiger partial charge in [-0.2, -0.15) is 0 Å². The molecule has 0 aliphatic heterocycles. The summed E-state index contributed by atoms with van der Waals surface area (Å²) in [6.45, 7) is 3.96. The lowest BCUT2D eigenvalue weighted by Gasteiger charge is -2.13. The second-order valence-corrected chi connectivity index (χ2v) is 13.6. The van der Waals surface area contributed by atoms with Gasteiger partial charge in [0.05, 0.1) is 16.1 Å². The SMILES string of the molecule is C#C/C=C\C(=C=C)C1=CC#CC(c2nc3c(-c4cccc(-c5cccnc5)c4)cc(-c4cccc(-c5ccccc5)c4)cc3s2)C=C1c1ccccc1. The zero-order chi connectivity index (χ0) is 36.0. The normalized spacial score (nSPS) is 13.6. The zero-order valence-corrected chi connectivity index (χ0v) is 29.6. The van der Waals surface area contributed by atoms with Gasteiger partial charge in [0.15, 0.2) is 0 Å². The molecule has 0 saturated heterocycles. The van der Waals surface area contributed by atoms with Crippen molar-refractivity contribution in [2.45, 2.75) is 5.92 Å². The van der Waals surface area contributed by atoms with Crippen LogP contribution in [0.3, 0.4) is 0 Å². The molecule has 1 unspecified atom stereocenters. The highest BCUT2D eigenvalue weighted by Crippen LogP contribution is 2.41. The van der Waals surface area contributed by atoms with Gasteiger partial charge < -0.3 is 0 Å². The molecule has 5 aromatic carbocycles. The molecule has 248 valence electrons. The largest absolute Gasteiger partial charge is 0.264 e. The van der Waals surface area contributed by atoms with Crippen molar-refractivity contribution in [3.8, 4) is 68.7 Å². The molecule has 1 aliphatic rings. The van der Waals surface area contributed by atoms with Crippen LogP contribution in [-0.2, 0) is 0 Å². The van der Waals surface area contributed by atoms with Crippen LogP contribution in [0, 0.1) is 24.2 Å². The number of hydrogen-bond donors (Lipinski definition) is 0. The van der Waals surface area contributed by atoms with Crippen LogP contribution in [0.15, 0.2) is 194 Å². The van der Waals surface area contributed by atoms with Crippen LogP contribution in [0.4, 0.5) is 0 Å². The first kappa shape index (κ1) is 33.2. The van der Waals surface area contributed by atoms with E-state index in [1.54, 1.807) is 23.6 Å². The molecule has 53 heavy (non-hydrogen) atoms. The number of terminal acetylenes is 1.